The van der Waals surface area contributed by atoms with Gasteiger partial charge in [-0.05, 0) is 46.8 Å². The van der Waals surface area contributed by atoms with E-state index in [-0.39, 0.29) is 0 Å². The van der Waals surface area contributed by atoms with Gasteiger partial charge in [0.15, 0.2) is 0 Å². The molecule has 3 aromatic carbocycles. The van der Waals surface area contributed by atoms with Crippen molar-refractivity contribution in [2.75, 3.05) is 11.1 Å². The van der Waals surface area contributed by atoms with Crippen LogP contribution in [0.3, 0.4) is 0 Å². The Balaban J connectivity index is 1.68. The van der Waals surface area contributed by atoms with E-state index in [1.54, 1.807) is 6.20 Å². The maximum Gasteiger partial charge on any atom is 0.135 e. The lowest BCUT2D eigenvalue weighted by Crippen LogP contribution is -2.05. The molecule has 0 amide bonds. The molecule has 0 bridgehead atoms. The molecule has 0 radical (unpaired) electrons. The van der Waals surface area contributed by atoms with Crippen LogP contribution in [-0.2, 0) is 6.54 Å². The van der Waals surface area contributed by atoms with Crippen molar-refractivity contribution in [3.63, 3.8) is 0 Å². The smallest absolute Gasteiger partial charge is 0.135 e. The molecule has 0 saturated heterocycles. The number of nitrogens with one attached hydrogen (secondary N) is 1. The van der Waals surface area contributed by atoms with Crippen LogP contribution in [0.5, 0.6) is 0 Å². The Labute approximate surface area is 181 Å². The van der Waals surface area contributed by atoms with E-state index in [1.807, 2.05) is 48.5 Å². The predicted octanol–water partition coefficient (Wildman–Crippen LogP) is 6.16. The highest BCUT2D eigenvalue weighted by atomic mass is 15.0. The van der Waals surface area contributed by atoms with Crippen molar-refractivity contribution >= 4 is 22.3 Å². The summed E-state index contributed by atoms with van der Waals surface area (Å²) in [7, 11) is 0. The number of nitrogens with two attached hydrogens (primary N) is 1. The molecule has 2 aromatic heterocycles. The van der Waals surface area contributed by atoms with Gasteiger partial charge in [0, 0.05) is 22.8 Å². The summed E-state index contributed by atoms with van der Waals surface area (Å²) in [5.74, 6) is 0.833. The van der Waals surface area contributed by atoms with E-state index in [9.17, 15) is 0 Å². The zero-order chi connectivity index (χ0) is 21.0. The fourth-order valence-corrected chi connectivity index (χ4v) is 3.82. The Morgan fingerprint density at radius 2 is 1.55 bits per heavy atom. The predicted molar refractivity (Wildman–Crippen MR) is 129 cm³/mol. The van der Waals surface area contributed by atoms with Crippen molar-refractivity contribution in [2.24, 2.45) is 0 Å². The summed E-state index contributed by atoms with van der Waals surface area (Å²) >= 11 is 0. The van der Waals surface area contributed by atoms with Crippen molar-refractivity contribution in [1.29, 1.82) is 0 Å². The van der Waals surface area contributed by atoms with Crippen LogP contribution >= 0.6 is 0 Å². The molecular weight excluding hydrogens is 380 g/mol. The average Bonchev–Trinajstić information content (AvgIpc) is 2.83. The molecular formula is C27H22N4. The van der Waals surface area contributed by atoms with Crippen molar-refractivity contribution < 1.29 is 0 Å². The summed E-state index contributed by atoms with van der Waals surface area (Å²) in [6.45, 7) is 0.590. The SMILES string of the molecule is Nc1cccc(-c2cc3cccc(-c4ccccc4)c3c(NCc3ccccn3)n2)c1. The highest BCUT2D eigenvalue weighted by Gasteiger charge is 2.13. The average molecular weight is 403 g/mol. The Hall–Kier alpha value is -4.18. The van der Waals surface area contributed by atoms with E-state index in [1.165, 1.54) is 0 Å². The molecule has 0 aliphatic heterocycles. The highest BCUT2D eigenvalue weighted by Crippen LogP contribution is 2.36. The van der Waals surface area contributed by atoms with Gasteiger partial charge in [-0.1, -0.05) is 66.7 Å². The van der Waals surface area contributed by atoms with Crippen molar-refractivity contribution in [1.82, 2.24) is 9.97 Å². The van der Waals surface area contributed by atoms with Gasteiger partial charge >= 0.3 is 0 Å². The third-order valence-corrected chi connectivity index (χ3v) is 5.29. The second-order valence-corrected chi connectivity index (χ2v) is 7.43. The van der Waals surface area contributed by atoms with Gasteiger partial charge in [-0.15, -0.1) is 0 Å². The Morgan fingerprint density at radius 3 is 2.35 bits per heavy atom. The fraction of sp³-hybridized carbons (Fsp3) is 0.0370. The monoisotopic (exact) mass is 402 g/mol. The van der Waals surface area contributed by atoms with E-state index >= 15 is 0 Å². The van der Waals surface area contributed by atoms with Crippen LogP contribution in [0, 0.1) is 0 Å². The molecule has 31 heavy (non-hydrogen) atoms. The van der Waals surface area contributed by atoms with Crippen LogP contribution in [-0.4, -0.2) is 9.97 Å². The van der Waals surface area contributed by atoms with Gasteiger partial charge in [0.2, 0.25) is 0 Å². The topological polar surface area (TPSA) is 63.8 Å². The van der Waals surface area contributed by atoms with E-state index in [4.69, 9.17) is 10.7 Å². The minimum Gasteiger partial charge on any atom is -0.399 e. The first-order valence-corrected chi connectivity index (χ1v) is 10.3. The Bertz CT molecular complexity index is 1330. The van der Waals surface area contributed by atoms with Gasteiger partial charge in [0.25, 0.3) is 0 Å². The largest absolute Gasteiger partial charge is 0.399 e. The number of anilines is 2. The number of nitrogen functional groups attached to an aromatic ring is 1. The van der Waals surface area contributed by atoms with Crippen LogP contribution in [0.1, 0.15) is 5.69 Å². The van der Waals surface area contributed by atoms with Gasteiger partial charge in [0.1, 0.15) is 5.82 Å². The highest BCUT2D eigenvalue weighted by molar-refractivity contribution is 6.05. The summed E-state index contributed by atoms with van der Waals surface area (Å²) < 4.78 is 0. The van der Waals surface area contributed by atoms with Crippen LogP contribution < -0.4 is 11.1 Å². The molecule has 4 heteroatoms. The molecule has 2 heterocycles. The number of aromatic nitrogens is 2. The number of benzene rings is 3. The lowest BCUT2D eigenvalue weighted by molar-refractivity contribution is 1.03. The van der Waals surface area contributed by atoms with Crippen LogP contribution in [0.2, 0.25) is 0 Å². The second kappa shape index (κ2) is 8.28. The van der Waals surface area contributed by atoms with Crippen LogP contribution in [0.4, 0.5) is 11.5 Å². The third kappa shape index (κ3) is 3.96. The number of rotatable bonds is 5. The van der Waals surface area contributed by atoms with E-state index in [2.05, 4.69) is 58.8 Å². The summed E-state index contributed by atoms with van der Waals surface area (Å²) in [6.07, 6.45) is 1.81. The van der Waals surface area contributed by atoms with E-state index < -0.39 is 0 Å². The molecule has 5 rings (SSSR count). The first-order valence-electron chi connectivity index (χ1n) is 10.3. The molecule has 5 aromatic rings. The zero-order valence-electron chi connectivity index (χ0n) is 17.0. The molecule has 0 aliphatic rings. The maximum absolute atomic E-state index is 6.03. The lowest BCUT2D eigenvalue weighted by atomic mass is 9.97. The Kier molecular flexibility index (Phi) is 5.03. The standard InChI is InChI=1S/C27H22N4/c28-22-12-6-10-20(16-22)25-17-21-11-7-14-24(19-8-2-1-3-9-19)26(21)27(31-25)30-18-23-13-4-5-15-29-23/h1-17H,18,28H2,(H,30,31). The van der Waals surface area contributed by atoms with Crippen LogP contribution in [0.25, 0.3) is 33.2 Å². The number of hydrogen-bond acceptors (Lipinski definition) is 4. The van der Waals surface area contributed by atoms with Gasteiger partial charge in [-0.2, -0.15) is 0 Å². The lowest BCUT2D eigenvalue weighted by Gasteiger charge is -2.15. The molecule has 0 fully saturated rings. The normalized spacial score (nSPS) is 10.8. The molecule has 0 aliphatic carbocycles. The molecule has 0 saturated carbocycles. The third-order valence-electron chi connectivity index (χ3n) is 5.29. The summed E-state index contributed by atoms with van der Waals surface area (Å²) in [6, 6.07) is 32.7. The van der Waals surface area contributed by atoms with Crippen molar-refractivity contribution in [3.05, 3.63) is 109 Å². The number of pyridine rings is 2. The number of fused-ring (bicyclic) bond motifs is 1. The molecule has 4 nitrogen and oxygen atoms in total. The first kappa shape index (κ1) is 18.8. The number of nitrogens with zero attached hydrogens (tertiary/aromatic N) is 2. The molecule has 0 spiro atoms. The zero-order valence-corrected chi connectivity index (χ0v) is 17.0. The molecule has 0 atom stereocenters. The van der Waals surface area contributed by atoms with Crippen molar-refractivity contribution in [2.45, 2.75) is 6.54 Å². The van der Waals surface area contributed by atoms with Gasteiger partial charge < -0.3 is 11.1 Å². The van der Waals surface area contributed by atoms with Gasteiger partial charge in [-0.3, -0.25) is 4.98 Å². The molecule has 3 N–H and O–H groups in total. The summed E-state index contributed by atoms with van der Waals surface area (Å²) in [4.78, 5) is 9.46. The molecule has 150 valence electrons. The molecule has 0 unspecified atom stereocenters. The van der Waals surface area contributed by atoms with Crippen molar-refractivity contribution in [3.8, 4) is 22.4 Å². The second-order valence-electron chi connectivity index (χ2n) is 7.43. The minimum absolute atomic E-state index is 0.590. The Morgan fingerprint density at radius 1 is 0.742 bits per heavy atom. The minimum atomic E-state index is 0.590. The summed E-state index contributed by atoms with van der Waals surface area (Å²) in [5, 5.41) is 5.75. The maximum atomic E-state index is 6.03. The quantitative estimate of drug-likeness (QED) is 0.346. The van der Waals surface area contributed by atoms with Gasteiger partial charge in [-0.25, -0.2) is 4.98 Å². The fourth-order valence-electron chi connectivity index (χ4n) is 3.82. The van der Waals surface area contributed by atoms with E-state index in [0.29, 0.717) is 6.54 Å². The van der Waals surface area contributed by atoms with Gasteiger partial charge in [0.05, 0.1) is 17.9 Å². The number of hydrogen-bond donors (Lipinski definition) is 2. The summed E-state index contributed by atoms with van der Waals surface area (Å²) in [5.41, 5.74) is 11.9. The first-order chi connectivity index (χ1) is 15.3. The van der Waals surface area contributed by atoms with E-state index in [0.717, 1.165) is 50.4 Å². The van der Waals surface area contributed by atoms with Crippen LogP contribution in [0.15, 0.2) is 103 Å².